The van der Waals surface area contributed by atoms with E-state index in [1.807, 2.05) is 29.2 Å². The first-order valence-electron chi connectivity index (χ1n) is 13.0. The molecule has 2 aliphatic carbocycles. The van der Waals surface area contributed by atoms with Crippen molar-refractivity contribution in [3.05, 3.63) is 58.9 Å². The Morgan fingerprint density at radius 1 is 1.06 bits per heavy atom. The average Bonchev–Trinajstić information content (AvgIpc) is 3.55. The minimum atomic E-state index is -0.829. The van der Waals surface area contributed by atoms with Gasteiger partial charge in [0.15, 0.2) is 0 Å². The largest absolute Gasteiger partial charge is 0.490 e. The fourth-order valence-electron chi connectivity index (χ4n) is 5.21. The maximum absolute atomic E-state index is 12.2. The molecule has 182 valence electrons. The quantitative estimate of drug-likeness (QED) is 0.484. The number of carboxylic acid groups (broad SMARTS) is 1. The van der Waals surface area contributed by atoms with Gasteiger partial charge >= 0.3 is 5.97 Å². The van der Waals surface area contributed by atoms with Crippen LogP contribution in [0.15, 0.2) is 36.4 Å². The highest BCUT2D eigenvalue weighted by Gasteiger charge is 2.36. The molecule has 3 aliphatic rings. The molecule has 2 atom stereocenters. The number of hydrogen-bond donors (Lipinski definition) is 1. The number of carboxylic acids is 1. The molecule has 0 spiro atoms. The summed E-state index contributed by atoms with van der Waals surface area (Å²) in [5.74, 6) is -0.123. The van der Waals surface area contributed by atoms with Crippen molar-refractivity contribution in [3.8, 4) is 5.75 Å². The number of pyridine rings is 1. The smallest absolute Gasteiger partial charge is 0.325 e. The third-order valence-electron chi connectivity index (χ3n) is 7.22. The van der Waals surface area contributed by atoms with Gasteiger partial charge in [-0.1, -0.05) is 24.3 Å². The number of rotatable bonds is 11. The molecule has 1 aliphatic heterocycles. The van der Waals surface area contributed by atoms with E-state index in [0.717, 1.165) is 57.1 Å². The SMILES string of the molecule is O=C(O)[C@H](c1ccccc1OC1CC1)N1CC[C@@H](OCCCCc2ccc3c(n2)CCCC3)C1. The number of aromatic nitrogens is 1. The monoisotopic (exact) mass is 464 g/mol. The summed E-state index contributed by atoms with van der Waals surface area (Å²) in [5.41, 5.74) is 4.69. The molecule has 0 radical (unpaired) electrons. The molecule has 0 unspecified atom stereocenters. The zero-order valence-corrected chi connectivity index (χ0v) is 20.0. The maximum atomic E-state index is 12.2. The van der Waals surface area contributed by atoms with Crippen molar-refractivity contribution in [3.63, 3.8) is 0 Å². The second-order valence-corrected chi connectivity index (χ2v) is 9.94. The average molecular weight is 465 g/mol. The highest BCUT2D eigenvalue weighted by molar-refractivity contribution is 5.76. The number of unbranched alkanes of at least 4 members (excludes halogenated alkanes) is 1. The summed E-state index contributed by atoms with van der Waals surface area (Å²) in [4.78, 5) is 19.1. The van der Waals surface area contributed by atoms with Gasteiger partial charge in [0.05, 0.1) is 12.2 Å². The van der Waals surface area contributed by atoms with Crippen LogP contribution in [0.25, 0.3) is 0 Å². The fraction of sp³-hybridized carbons (Fsp3) is 0.571. The van der Waals surface area contributed by atoms with Crippen molar-refractivity contribution in [2.75, 3.05) is 19.7 Å². The molecule has 1 aromatic carbocycles. The van der Waals surface area contributed by atoms with E-state index in [4.69, 9.17) is 14.5 Å². The molecule has 2 fully saturated rings. The van der Waals surface area contributed by atoms with Crippen LogP contribution in [0.5, 0.6) is 5.75 Å². The van der Waals surface area contributed by atoms with E-state index >= 15 is 0 Å². The lowest BCUT2D eigenvalue weighted by atomic mass is 9.95. The number of fused-ring (bicyclic) bond motifs is 1. The van der Waals surface area contributed by atoms with Crippen LogP contribution in [-0.2, 0) is 28.8 Å². The molecule has 1 N–H and O–H groups in total. The van der Waals surface area contributed by atoms with Gasteiger partial charge in [-0.3, -0.25) is 14.7 Å². The summed E-state index contributed by atoms with van der Waals surface area (Å²) < 4.78 is 12.2. The van der Waals surface area contributed by atoms with Gasteiger partial charge in [-0.05, 0) is 81.9 Å². The molecule has 1 saturated heterocycles. The van der Waals surface area contributed by atoms with Crippen LogP contribution in [-0.4, -0.2) is 52.9 Å². The topological polar surface area (TPSA) is 71.9 Å². The number of ether oxygens (including phenoxy) is 2. The summed E-state index contributed by atoms with van der Waals surface area (Å²) >= 11 is 0. The number of carbonyl (C=O) groups is 1. The minimum Gasteiger partial charge on any atom is -0.490 e. The third kappa shape index (κ3) is 5.78. The van der Waals surface area contributed by atoms with Crippen molar-refractivity contribution >= 4 is 5.97 Å². The summed E-state index contributed by atoms with van der Waals surface area (Å²) in [6.45, 7) is 2.07. The minimum absolute atomic E-state index is 0.0835. The first kappa shape index (κ1) is 23.3. The molecular formula is C28H36N2O4. The first-order chi connectivity index (χ1) is 16.7. The molecule has 0 amide bonds. The van der Waals surface area contributed by atoms with Crippen LogP contribution in [0.1, 0.15) is 73.5 Å². The Kier molecular flexibility index (Phi) is 7.45. The van der Waals surface area contributed by atoms with E-state index in [9.17, 15) is 9.90 Å². The normalized spacial score (nSPS) is 21.2. The molecule has 0 bridgehead atoms. The van der Waals surface area contributed by atoms with Crippen LogP contribution in [0, 0.1) is 0 Å². The number of aliphatic carboxylic acids is 1. The third-order valence-corrected chi connectivity index (χ3v) is 7.22. The molecular weight excluding hydrogens is 428 g/mol. The lowest BCUT2D eigenvalue weighted by Gasteiger charge is -2.26. The zero-order valence-electron chi connectivity index (χ0n) is 20.0. The van der Waals surface area contributed by atoms with Gasteiger partial charge in [-0.25, -0.2) is 0 Å². The molecule has 5 rings (SSSR count). The Balaban J connectivity index is 1.08. The fourth-order valence-corrected chi connectivity index (χ4v) is 5.21. The highest BCUT2D eigenvalue weighted by atomic mass is 16.5. The lowest BCUT2D eigenvalue weighted by Crippen LogP contribution is -2.33. The van der Waals surface area contributed by atoms with E-state index in [-0.39, 0.29) is 12.2 Å². The van der Waals surface area contributed by atoms with E-state index in [1.54, 1.807) is 0 Å². The number of aryl methyl sites for hydroxylation is 3. The van der Waals surface area contributed by atoms with Gasteiger partial charge < -0.3 is 14.6 Å². The van der Waals surface area contributed by atoms with Crippen LogP contribution in [0.4, 0.5) is 0 Å². The maximum Gasteiger partial charge on any atom is 0.325 e. The van der Waals surface area contributed by atoms with Crippen LogP contribution in [0.3, 0.4) is 0 Å². The zero-order chi connectivity index (χ0) is 23.3. The van der Waals surface area contributed by atoms with E-state index < -0.39 is 12.0 Å². The number of nitrogens with zero attached hydrogens (tertiary/aromatic N) is 2. The first-order valence-corrected chi connectivity index (χ1v) is 13.0. The Bertz CT molecular complexity index is 990. The predicted molar refractivity (Wildman–Crippen MR) is 130 cm³/mol. The number of hydrogen-bond acceptors (Lipinski definition) is 5. The van der Waals surface area contributed by atoms with Gasteiger partial charge in [0, 0.05) is 36.6 Å². The van der Waals surface area contributed by atoms with Crippen LogP contribution in [0.2, 0.25) is 0 Å². The Hall–Kier alpha value is -2.44. The van der Waals surface area contributed by atoms with Crippen LogP contribution < -0.4 is 4.74 Å². The van der Waals surface area contributed by atoms with Crippen molar-refractivity contribution in [2.45, 2.75) is 82.5 Å². The van der Waals surface area contributed by atoms with Crippen molar-refractivity contribution in [2.24, 2.45) is 0 Å². The predicted octanol–water partition coefficient (Wildman–Crippen LogP) is 4.74. The molecule has 34 heavy (non-hydrogen) atoms. The molecule has 2 aromatic rings. The second-order valence-electron chi connectivity index (χ2n) is 9.94. The van der Waals surface area contributed by atoms with Gasteiger partial charge in [0.25, 0.3) is 0 Å². The standard InChI is InChI=1S/C28H36N2O4/c31-28(32)27(24-9-2-4-11-26(24)34-22-14-15-22)30-17-16-23(19-30)33-18-6-5-8-21-13-12-20-7-1-3-10-25(20)29-21/h2,4,9,11-13,22-23,27H,1,3,5-8,10,14-19H2,(H,31,32)/t23-,27+/m1/s1. The Morgan fingerprint density at radius 3 is 2.76 bits per heavy atom. The van der Waals surface area contributed by atoms with Crippen molar-refractivity contribution < 1.29 is 19.4 Å². The second kappa shape index (κ2) is 10.9. The van der Waals surface area contributed by atoms with E-state index in [0.29, 0.717) is 18.9 Å². The molecule has 2 heterocycles. The van der Waals surface area contributed by atoms with Gasteiger partial charge in [-0.15, -0.1) is 0 Å². The molecule has 6 nitrogen and oxygen atoms in total. The van der Waals surface area contributed by atoms with E-state index in [1.165, 1.54) is 36.2 Å². The van der Waals surface area contributed by atoms with E-state index in [2.05, 4.69) is 12.1 Å². The van der Waals surface area contributed by atoms with Crippen molar-refractivity contribution in [1.29, 1.82) is 0 Å². The molecule has 1 aromatic heterocycles. The van der Waals surface area contributed by atoms with Crippen LogP contribution >= 0.6 is 0 Å². The molecule has 6 heteroatoms. The number of para-hydroxylation sites is 1. The van der Waals surface area contributed by atoms with Gasteiger partial charge in [0.1, 0.15) is 11.8 Å². The van der Waals surface area contributed by atoms with Crippen molar-refractivity contribution in [1.82, 2.24) is 9.88 Å². The summed E-state index contributed by atoms with van der Waals surface area (Å²) in [7, 11) is 0. The number of benzene rings is 1. The summed E-state index contributed by atoms with van der Waals surface area (Å²) in [5, 5.41) is 10.0. The van der Waals surface area contributed by atoms with Gasteiger partial charge in [0.2, 0.25) is 0 Å². The van der Waals surface area contributed by atoms with Gasteiger partial charge in [-0.2, -0.15) is 0 Å². The highest BCUT2D eigenvalue weighted by Crippen LogP contribution is 2.36. The Morgan fingerprint density at radius 2 is 1.91 bits per heavy atom. The molecule has 1 saturated carbocycles. The number of likely N-dealkylation sites (tertiary alicyclic amines) is 1. The summed E-state index contributed by atoms with van der Waals surface area (Å²) in [6.07, 6.45) is 11.2. The lowest BCUT2D eigenvalue weighted by molar-refractivity contribution is -0.143. The Labute approximate surface area is 202 Å². The summed E-state index contributed by atoms with van der Waals surface area (Å²) in [6, 6.07) is 11.4.